The fourth-order valence-electron chi connectivity index (χ4n) is 2.53. The summed E-state index contributed by atoms with van der Waals surface area (Å²) in [5, 5.41) is 13.4. The lowest BCUT2D eigenvalue weighted by molar-refractivity contribution is -0.384. The lowest BCUT2D eigenvalue weighted by Crippen LogP contribution is -2.30. The maximum atomic E-state index is 13.0. The summed E-state index contributed by atoms with van der Waals surface area (Å²) in [5.74, 6) is -0.857. The quantitative estimate of drug-likeness (QED) is 0.520. The minimum absolute atomic E-state index is 0.138. The summed E-state index contributed by atoms with van der Waals surface area (Å²) in [6.45, 7) is 0.315. The first-order valence-electron chi connectivity index (χ1n) is 8.29. The van der Waals surface area contributed by atoms with Gasteiger partial charge in [0.05, 0.1) is 16.9 Å². The molecule has 0 aliphatic heterocycles. The zero-order valence-corrected chi connectivity index (χ0v) is 14.5. The molecule has 3 aromatic rings. The van der Waals surface area contributed by atoms with Crippen LogP contribution >= 0.6 is 0 Å². The van der Waals surface area contributed by atoms with Gasteiger partial charge in [0.1, 0.15) is 5.82 Å². The van der Waals surface area contributed by atoms with Gasteiger partial charge in [0.15, 0.2) is 0 Å². The number of amides is 1. The summed E-state index contributed by atoms with van der Waals surface area (Å²) in [6.07, 6.45) is 1.35. The second-order valence-corrected chi connectivity index (χ2v) is 5.88. The summed E-state index contributed by atoms with van der Waals surface area (Å²) in [4.78, 5) is 38.7. The van der Waals surface area contributed by atoms with E-state index in [4.69, 9.17) is 0 Å². The maximum Gasteiger partial charge on any atom is 0.270 e. The maximum absolute atomic E-state index is 13.0. The highest BCUT2D eigenvalue weighted by atomic mass is 19.1. The van der Waals surface area contributed by atoms with Crippen molar-refractivity contribution in [2.45, 2.75) is 6.54 Å². The van der Waals surface area contributed by atoms with Gasteiger partial charge in [0.2, 0.25) is 0 Å². The molecule has 9 heteroatoms. The average molecular weight is 382 g/mol. The Morgan fingerprint density at radius 2 is 1.93 bits per heavy atom. The third kappa shape index (κ3) is 4.44. The Morgan fingerprint density at radius 1 is 1.18 bits per heavy atom. The number of carbonyl (C=O) groups is 1. The van der Waals surface area contributed by atoms with Gasteiger partial charge in [-0.15, -0.1) is 0 Å². The van der Waals surface area contributed by atoms with Crippen LogP contribution in [0.25, 0.3) is 11.3 Å². The van der Waals surface area contributed by atoms with Crippen molar-refractivity contribution in [2.24, 2.45) is 0 Å². The predicted molar refractivity (Wildman–Crippen MR) is 99.3 cm³/mol. The molecule has 1 heterocycles. The molecule has 0 aliphatic carbocycles. The standard InChI is InChI=1S/C19H15FN4O4/c20-15-6-4-13(5-7-15)17-11-18(25)23(12-22-17)9-8-21-19(26)14-2-1-3-16(10-14)24(27)28/h1-7,10-12H,8-9H2,(H,21,26). The molecule has 142 valence electrons. The fourth-order valence-corrected chi connectivity index (χ4v) is 2.53. The molecule has 1 amide bonds. The number of halogens is 1. The molecule has 0 aliphatic rings. The summed E-state index contributed by atoms with van der Waals surface area (Å²) < 4.78 is 14.3. The number of hydrogen-bond donors (Lipinski definition) is 1. The van der Waals surface area contributed by atoms with Gasteiger partial charge in [0, 0.05) is 42.4 Å². The number of nitro groups is 1. The van der Waals surface area contributed by atoms with Gasteiger partial charge in [-0.3, -0.25) is 24.3 Å². The number of aromatic nitrogens is 2. The van der Waals surface area contributed by atoms with Crippen LogP contribution in [-0.4, -0.2) is 26.9 Å². The number of benzene rings is 2. The molecular weight excluding hydrogens is 367 g/mol. The van der Waals surface area contributed by atoms with Crippen LogP contribution in [0, 0.1) is 15.9 Å². The molecule has 0 saturated carbocycles. The first kappa shape index (κ1) is 18.9. The van der Waals surface area contributed by atoms with Crippen molar-refractivity contribution < 1.29 is 14.1 Å². The second kappa shape index (κ2) is 8.21. The molecule has 0 bridgehead atoms. The highest BCUT2D eigenvalue weighted by molar-refractivity contribution is 5.94. The van der Waals surface area contributed by atoms with E-state index in [0.717, 1.165) is 0 Å². The molecule has 0 fully saturated rings. The minimum atomic E-state index is -0.579. The zero-order chi connectivity index (χ0) is 20.1. The van der Waals surface area contributed by atoms with E-state index in [9.17, 15) is 24.1 Å². The number of nitrogens with zero attached hydrogens (tertiary/aromatic N) is 3. The van der Waals surface area contributed by atoms with E-state index in [1.165, 1.54) is 65.5 Å². The van der Waals surface area contributed by atoms with E-state index in [1.54, 1.807) is 0 Å². The molecule has 0 radical (unpaired) electrons. The number of rotatable bonds is 6. The molecule has 3 rings (SSSR count). The van der Waals surface area contributed by atoms with Crippen molar-refractivity contribution in [1.29, 1.82) is 0 Å². The number of nitrogens with one attached hydrogen (secondary N) is 1. The van der Waals surface area contributed by atoms with E-state index in [2.05, 4.69) is 10.3 Å². The van der Waals surface area contributed by atoms with Crippen LogP contribution < -0.4 is 10.9 Å². The topological polar surface area (TPSA) is 107 Å². The van der Waals surface area contributed by atoms with E-state index in [-0.39, 0.29) is 35.7 Å². The molecule has 0 saturated heterocycles. The highest BCUT2D eigenvalue weighted by Crippen LogP contribution is 2.15. The van der Waals surface area contributed by atoms with E-state index < -0.39 is 10.8 Å². The van der Waals surface area contributed by atoms with Crippen LogP contribution in [0.4, 0.5) is 10.1 Å². The average Bonchev–Trinajstić information content (AvgIpc) is 2.69. The summed E-state index contributed by atoms with van der Waals surface area (Å²) in [7, 11) is 0. The van der Waals surface area contributed by atoms with Gasteiger partial charge in [0.25, 0.3) is 17.2 Å². The Morgan fingerprint density at radius 3 is 2.61 bits per heavy atom. The molecule has 0 unspecified atom stereocenters. The van der Waals surface area contributed by atoms with Crippen molar-refractivity contribution in [2.75, 3.05) is 6.54 Å². The fraction of sp³-hybridized carbons (Fsp3) is 0.105. The number of nitro benzene ring substituents is 1. The normalized spacial score (nSPS) is 10.5. The van der Waals surface area contributed by atoms with Gasteiger partial charge in [-0.25, -0.2) is 9.37 Å². The third-order valence-electron chi connectivity index (χ3n) is 3.98. The first-order chi connectivity index (χ1) is 13.4. The monoisotopic (exact) mass is 382 g/mol. The first-order valence-corrected chi connectivity index (χ1v) is 8.29. The Labute approximate surface area is 158 Å². The molecule has 1 aromatic heterocycles. The SMILES string of the molecule is O=C(NCCn1cnc(-c2ccc(F)cc2)cc1=O)c1cccc([N+](=O)[O-])c1. The molecule has 1 N–H and O–H groups in total. The molecule has 2 aromatic carbocycles. The van der Waals surface area contributed by atoms with Gasteiger partial charge in [-0.2, -0.15) is 0 Å². The van der Waals surface area contributed by atoms with Crippen LogP contribution in [-0.2, 0) is 6.54 Å². The van der Waals surface area contributed by atoms with E-state index in [1.807, 2.05) is 0 Å². The summed E-state index contributed by atoms with van der Waals surface area (Å²) in [6, 6.07) is 12.3. The molecule has 8 nitrogen and oxygen atoms in total. The van der Waals surface area contributed by atoms with Crippen molar-refractivity contribution in [3.8, 4) is 11.3 Å². The van der Waals surface area contributed by atoms with E-state index >= 15 is 0 Å². The molecule has 28 heavy (non-hydrogen) atoms. The molecular formula is C19H15FN4O4. The van der Waals surface area contributed by atoms with Crippen LogP contribution in [0.5, 0.6) is 0 Å². The zero-order valence-electron chi connectivity index (χ0n) is 14.5. The Bertz CT molecular complexity index is 1080. The van der Waals surface area contributed by atoms with Gasteiger partial charge >= 0.3 is 0 Å². The summed E-state index contributed by atoms with van der Waals surface area (Å²) >= 11 is 0. The van der Waals surface area contributed by atoms with Gasteiger partial charge in [-0.1, -0.05) is 6.07 Å². The van der Waals surface area contributed by atoms with Crippen LogP contribution in [0.15, 0.2) is 65.7 Å². The minimum Gasteiger partial charge on any atom is -0.350 e. The Balaban J connectivity index is 1.62. The smallest absolute Gasteiger partial charge is 0.270 e. The molecule has 0 spiro atoms. The number of hydrogen-bond acceptors (Lipinski definition) is 5. The molecule has 0 atom stereocenters. The van der Waals surface area contributed by atoms with Crippen molar-refractivity contribution >= 4 is 11.6 Å². The van der Waals surface area contributed by atoms with Crippen LogP contribution in [0.1, 0.15) is 10.4 Å². The third-order valence-corrected chi connectivity index (χ3v) is 3.98. The van der Waals surface area contributed by atoms with Crippen molar-refractivity contribution in [1.82, 2.24) is 14.9 Å². The largest absolute Gasteiger partial charge is 0.350 e. The lowest BCUT2D eigenvalue weighted by atomic mass is 10.1. The number of non-ortho nitro benzene ring substituents is 1. The van der Waals surface area contributed by atoms with E-state index in [0.29, 0.717) is 11.3 Å². The Kier molecular flexibility index (Phi) is 5.54. The van der Waals surface area contributed by atoms with Crippen LogP contribution in [0.2, 0.25) is 0 Å². The van der Waals surface area contributed by atoms with Gasteiger partial charge < -0.3 is 5.32 Å². The second-order valence-electron chi connectivity index (χ2n) is 5.88. The summed E-state index contributed by atoms with van der Waals surface area (Å²) in [5.41, 5.74) is 0.696. The Hall–Kier alpha value is -3.88. The van der Waals surface area contributed by atoms with Crippen molar-refractivity contribution in [3.63, 3.8) is 0 Å². The number of carbonyl (C=O) groups excluding carboxylic acids is 1. The highest BCUT2D eigenvalue weighted by Gasteiger charge is 2.11. The van der Waals surface area contributed by atoms with Crippen LogP contribution in [0.3, 0.4) is 0 Å². The predicted octanol–water partition coefficient (Wildman–Crippen LogP) is 2.39. The van der Waals surface area contributed by atoms with Crippen molar-refractivity contribution in [3.05, 3.63) is 92.8 Å². The lowest BCUT2D eigenvalue weighted by Gasteiger charge is -2.08. The van der Waals surface area contributed by atoms with Gasteiger partial charge in [-0.05, 0) is 30.3 Å².